The summed E-state index contributed by atoms with van der Waals surface area (Å²) in [5, 5.41) is 2.74. The number of Topliss-reactive ketones (excluding diaryl/α,β-unsaturated/α-hetero) is 3. The van der Waals surface area contributed by atoms with E-state index in [4.69, 9.17) is 9.47 Å². The Balaban J connectivity index is 0.000000274. The molecule has 0 radical (unpaired) electrons. The molecule has 0 heterocycles. The van der Waals surface area contributed by atoms with Crippen LogP contribution in [-0.2, 0) is 23.9 Å². The molecule has 198 valence electrons. The number of alkyl carbamates (subject to hydrolysis) is 1. The maximum absolute atomic E-state index is 11.2. The molecule has 3 rings (SSSR count). The van der Waals surface area contributed by atoms with Gasteiger partial charge in [-0.3, -0.25) is 14.4 Å². The van der Waals surface area contributed by atoms with Crippen molar-refractivity contribution < 1.29 is 28.7 Å². The van der Waals surface area contributed by atoms with E-state index >= 15 is 0 Å². The molecule has 0 aliphatic heterocycles. The van der Waals surface area contributed by atoms with Crippen LogP contribution in [0.15, 0.2) is 25.3 Å². The van der Waals surface area contributed by atoms with Gasteiger partial charge in [0, 0.05) is 23.8 Å². The van der Waals surface area contributed by atoms with Crippen LogP contribution in [0.2, 0.25) is 0 Å². The molecule has 7 heteroatoms. The topological polar surface area (TPSA) is 98.8 Å². The minimum absolute atomic E-state index is 0.0798. The second kappa shape index (κ2) is 17.2. The average Bonchev–Trinajstić information content (AvgIpc) is 3.59. The quantitative estimate of drug-likeness (QED) is 0.436. The van der Waals surface area contributed by atoms with Crippen molar-refractivity contribution in [2.75, 3.05) is 13.2 Å². The number of carbonyl (C=O) groups excluding carboxylic acids is 4. The Kier molecular flexibility index (Phi) is 15.1. The first-order valence-corrected chi connectivity index (χ1v) is 13.0. The molecule has 1 N–H and O–H groups in total. The second-order valence-electron chi connectivity index (χ2n) is 9.81. The third-order valence-corrected chi connectivity index (χ3v) is 7.00. The van der Waals surface area contributed by atoms with E-state index in [0.717, 1.165) is 51.4 Å². The maximum Gasteiger partial charge on any atom is 0.407 e. The molecule has 0 aromatic carbocycles. The Morgan fingerprint density at radius 1 is 0.743 bits per heavy atom. The first kappa shape index (κ1) is 30.8. The van der Waals surface area contributed by atoms with Crippen LogP contribution >= 0.6 is 0 Å². The van der Waals surface area contributed by atoms with Crippen molar-refractivity contribution >= 4 is 23.4 Å². The fraction of sp³-hybridized carbons (Fsp3) is 0.714. The molecule has 7 nitrogen and oxygen atoms in total. The van der Waals surface area contributed by atoms with Gasteiger partial charge in [0.05, 0.1) is 12.7 Å². The highest BCUT2D eigenvalue weighted by molar-refractivity contribution is 5.79. The number of carbonyl (C=O) groups is 4. The normalized spacial score (nSPS) is 25.3. The Bertz CT molecular complexity index is 712. The van der Waals surface area contributed by atoms with E-state index in [-0.39, 0.29) is 36.4 Å². The monoisotopic (exact) mass is 491 g/mol. The molecule has 3 fully saturated rings. The van der Waals surface area contributed by atoms with Gasteiger partial charge in [-0.05, 0) is 72.1 Å². The van der Waals surface area contributed by atoms with E-state index < -0.39 is 6.09 Å². The fourth-order valence-corrected chi connectivity index (χ4v) is 4.82. The Hall–Kier alpha value is -2.28. The van der Waals surface area contributed by atoms with Gasteiger partial charge in [-0.1, -0.05) is 31.6 Å². The van der Waals surface area contributed by atoms with Gasteiger partial charge in [0.1, 0.15) is 24.0 Å². The molecule has 3 aliphatic rings. The summed E-state index contributed by atoms with van der Waals surface area (Å²) >= 11 is 0. The number of rotatable bonds is 9. The van der Waals surface area contributed by atoms with Crippen LogP contribution in [-0.4, -0.2) is 48.8 Å². The molecule has 0 bridgehead atoms. The van der Waals surface area contributed by atoms with Gasteiger partial charge in [0.15, 0.2) is 0 Å². The number of hydrogen-bond acceptors (Lipinski definition) is 6. The van der Waals surface area contributed by atoms with Crippen molar-refractivity contribution in [3.8, 4) is 0 Å². The minimum Gasteiger partial charge on any atom is -0.445 e. The maximum atomic E-state index is 11.2. The van der Waals surface area contributed by atoms with Crippen LogP contribution in [0.4, 0.5) is 4.79 Å². The molecular weight excluding hydrogens is 446 g/mol. The molecule has 0 aromatic heterocycles. The van der Waals surface area contributed by atoms with Crippen molar-refractivity contribution in [2.24, 2.45) is 17.8 Å². The number of ketones is 3. The van der Waals surface area contributed by atoms with Gasteiger partial charge >= 0.3 is 6.09 Å². The molecule has 0 spiro atoms. The lowest BCUT2D eigenvalue weighted by Crippen LogP contribution is -2.33. The summed E-state index contributed by atoms with van der Waals surface area (Å²) < 4.78 is 10.3. The van der Waals surface area contributed by atoms with E-state index in [2.05, 4.69) is 18.5 Å². The largest absolute Gasteiger partial charge is 0.445 e. The predicted octanol–water partition coefficient (Wildman–Crippen LogP) is 5.37. The summed E-state index contributed by atoms with van der Waals surface area (Å²) in [7, 11) is 0. The number of amides is 1. The third-order valence-electron chi connectivity index (χ3n) is 7.00. The van der Waals surface area contributed by atoms with Gasteiger partial charge in [-0.2, -0.15) is 0 Å². The molecule has 3 saturated carbocycles. The first-order chi connectivity index (χ1) is 16.7. The van der Waals surface area contributed by atoms with E-state index in [1.807, 2.05) is 0 Å². The minimum atomic E-state index is -0.427. The van der Waals surface area contributed by atoms with Crippen LogP contribution in [0, 0.1) is 17.8 Å². The standard InChI is InChI=1S/C11H17NO3.C10H16O2.C7H12O/c1-3-6-15-11(14)12-10-5-4-9(7-10)8(2)13;1-3-6-12-10-5-4-9(7-10)8(2)11;1-6(8)7-4-2-3-5-7/h3,9-10H,1,4-7H2,2H3,(H,12,14);3,9-10H,1,4-7H2,2H3;7H,2-5H2,1H3. The molecule has 0 saturated heterocycles. The highest BCUT2D eigenvalue weighted by Gasteiger charge is 2.29. The number of ether oxygens (including phenoxy) is 2. The molecule has 1 amide bonds. The highest BCUT2D eigenvalue weighted by Crippen LogP contribution is 2.28. The van der Waals surface area contributed by atoms with Crippen LogP contribution in [0.1, 0.15) is 85.0 Å². The number of nitrogens with one attached hydrogen (secondary N) is 1. The molecule has 35 heavy (non-hydrogen) atoms. The van der Waals surface area contributed by atoms with Crippen molar-refractivity contribution in [1.29, 1.82) is 0 Å². The lowest BCUT2D eigenvalue weighted by Gasteiger charge is -2.11. The molecule has 4 atom stereocenters. The third kappa shape index (κ3) is 12.8. The van der Waals surface area contributed by atoms with Crippen LogP contribution < -0.4 is 5.32 Å². The molecule has 3 aliphatic carbocycles. The summed E-state index contributed by atoms with van der Waals surface area (Å²) in [6.45, 7) is 12.8. The Labute approximate surface area is 211 Å². The lowest BCUT2D eigenvalue weighted by molar-refractivity contribution is -0.121. The Morgan fingerprint density at radius 2 is 1.29 bits per heavy atom. The van der Waals surface area contributed by atoms with Gasteiger partial charge in [-0.15, -0.1) is 6.58 Å². The van der Waals surface area contributed by atoms with E-state index in [0.29, 0.717) is 24.1 Å². The summed E-state index contributed by atoms with van der Waals surface area (Å²) in [6, 6.07) is 0.0798. The predicted molar refractivity (Wildman–Crippen MR) is 137 cm³/mol. The zero-order chi connectivity index (χ0) is 26.2. The van der Waals surface area contributed by atoms with E-state index in [1.54, 1.807) is 26.8 Å². The second-order valence-corrected chi connectivity index (χ2v) is 9.81. The summed E-state index contributed by atoms with van der Waals surface area (Å²) in [4.78, 5) is 43.9. The van der Waals surface area contributed by atoms with E-state index in [9.17, 15) is 19.2 Å². The van der Waals surface area contributed by atoms with Gasteiger partial charge < -0.3 is 14.8 Å². The highest BCUT2D eigenvalue weighted by atomic mass is 16.5. The molecule has 0 aromatic rings. The summed E-state index contributed by atoms with van der Waals surface area (Å²) in [5.74, 6) is 1.69. The van der Waals surface area contributed by atoms with Gasteiger partial charge in [0.2, 0.25) is 0 Å². The summed E-state index contributed by atoms with van der Waals surface area (Å²) in [5.41, 5.74) is 0. The molecule has 4 unspecified atom stereocenters. The average molecular weight is 492 g/mol. The SMILES string of the molecule is C=CCOC(=O)NC1CCC(C(C)=O)C1.C=CCOC1CCC(C(C)=O)C1.CC(=O)C1CCCC1. The van der Waals surface area contributed by atoms with Crippen molar-refractivity contribution in [1.82, 2.24) is 5.32 Å². The molecular formula is C28H45NO6. The van der Waals surface area contributed by atoms with Crippen LogP contribution in [0.25, 0.3) is 0 Å². The zero-order valence-corrected chi connectivity index (χ0v) is 21.9. The van der Waals surface area contributed by atoms with Crippen LogP contribution in [0.5, 0.6) is 0 Å². The number of hydrogen-bond donors (Lipinski definition) is 1. The fourth-order valence-electron chi connectivity index (χ4n) is 4.82. The first-order valence-electron chi connectivity index (χ1n) is 13.0. The van der Waals surface area contributed by atoms with Crippen molar-refractivity contribution in [2.45, 2.75) is 97.1 Å². The lowest BCUT2D eigenvalue weighted by atomic mass is 10.0. The zero-order valence-electron chi connectivity index (χ0n) is 21.9. The van der Waals surface area contributed by atoms with Gasteiger partial charge in [0.25, 0.3) is 0 Å². The Morgan fingerprint density at radius 3 is 1.74 bits per heavy atom. The van der Waals surface area contributed by atoms with Crippen molar-refractivity contribution in [3.05, 3.63) is 25.3 Å². The van der Waals surface area contributed by atoms with E-state index in [1.165, 1.54) is 18.9 Å². The smallest absolute Gasteiger partial charge is 0.407 e. The van der Waals surface area contributed by atoms with Crippen LogP contribution in [0.3, 0.4) is 0 Å². The van der Waals surface area contributed by atoms with Crippen molar-refractivity contribution in [3.63, 3.8) is 0 Å². The van der Waals surface area contributed by atoms with Gasteiger partial charge in [-0.25, -0.2) is 4.79 Å². The summed E-state index contributed by atoms with van der Waals surface area (Å²) in [6.07, 6.45) is 13.3.